The second kappa shape index (κ2) is 12.1. The monoisotopic (exact) mass is 671 g/mol. The zero-order valence-corrected chi connectivity index (χ0v) is 31.0. The number of aromatic nitrogens is 3. The molecule has 0 aliphatic rings. The number of nitrogens with zero attached hydrogens (tertiary/aromatic N) is 3. The van der Waals surface area contributed by atoms with Crippen molar-refractivity contribution in [3.05, 3.63) is 166 Å². The second-order valence-corrected chi connectivity index (χ2v) is 14.8. The van der Waals surface area contributed by atoms with Crippen molar-refractivity contribution in [1.82, 2.24) is 14.1 Å². The van der Waals surface area contributed by atoms with Crippen LogP contribution in [0.2, 0.25) is 0 Å². The molecule has 0 fully saturated rings. The highest BCUT2D eigenvalue weighted by Crippen LogP contribution is 2.42. The average molecular weight is 672 g/mol. The zero-order chi connectivity index (χ0) is 35.8. The number of rotatable bonds is 5. The van der Waals surface area contributed by atoms with E-state index in [2.05, 4.69) is 185 Å². The lowest BCUT2D eigenvalue weighted by Gasteiger charge is -2.24. The van der Waals surface area contributed by atoms with Crippen LogP contribution in [0.5, 0.6) is 0 Å². The summed E-state index contributed by atoms with van der Waals surface area (Å²) in [4.78, 5) is 5.54. The first kappa shape index (κ1) is 32.1. The summed E-state index contributed by atoms with van der Waals surface area (Å²) in [5.74, 6) is 0. The van der Waals surface area contributed by atoms with Crippen LogP contribution in [0.15, 0.2) is 127 Å². The van der Waals surface area contributed by atoms with Crippen LogP contribution in [-0.2, 0) is 0 Å². The van der Waals surface area contributed by atoms with Crippen LogP contribution in [0, 0.1) is 48.5 Å². The van der Waals surface area contributed by atoms with Crippen molar-refractivity contribution in [1.29, 1.82) is 0 Å². The van der Waals surface area contributed by atoms with Crippen molar-refractivity contribution in [2.75, 3.05) is 0 Å². The van der Waals surface area contributed by atoms with Crippen LogP contribution in [0.25, 0.3) is 55.0 Å². The Morgan fingerprint density at radius 3 is 1.42 bits per heavy atom. The molecule has 0 amide bonds. The molecule has 6 aromatic carbocycles. The van der Waals surface area contributed by atoms with E-state index in [0.29, 0.717) is 0 Å². The maximum Gasteiger partial charge on any atom is 0.266 e. The number of pyridine rings is 1. The van der Waals surface area contributed by atoms with E-state index in [-0.39, 0.29) is 6.71 Å². The van der Waals surface area contributed by atoms with Gasteiger partial charge in [-0.3, -0.25) is 4.98 Å². The molecule has 0 spiro atoms. The van der Waals surface area contributed by atoms with Gasteiger partial charge in [0.25, 0.3) is 6.71 Å². The fourth-order valence-corrected chi connectivity index (χ4v) is 9.34. The Labute approximate surface area is 306 Å². The zero-order valence-electron chi connectivity index (χ0n) is 31.0. The number of aryl methyl sites for hydroxylation is 7. The molecular weight excluding hydrogens is 629 g/mol. The van der Waals surface area contributed by atoms with E-state index in [1.165, 1.54) is 93.6 Å². The summed E-state index contributed by atoms with van der Waals surface area (Å²) in [6, 6.07) is 46.9. The van der Waals surface area contributed by atoms with Gasteiger partial charge in [0, 0.05) is 32.8 Å². The maximum absolute atomic E-state index is 5.54. The quantitative estimate of drug-likeness (QED) is 0.167. The van der Waals surface area contributed by atoms with Gasteiger partial charge in [-0.1, -0.05) is 123 Å². The first-order valence-corrected chi connectivity index (χ1v) is 18.4. The van der Waals surface area contributed by atoms with Gasteiger partial charge in [-0.25, -0.2) is 0 Å². The van der Waals surface area contributed by atoms with Crippen molar-refractivity contribution in [2.24, 2.45) is 0 Å². The number of fused-ring (bicyclic) bond motifs is 7. The van der Waals surface area contributed by atoms with E-state index in [4.69, 9.17) is 4.98 Å². The molecule has 3 aromatic heterocycles. The minimum absolute atomic E-state index is 0.0239. The molecule has 0 radical (unpaired) electrons. The third kappa shape index (κ3) is 4.85. The van der Waals surface area contributed by atoms with E-state index in [1.807, 2.05) is 0 Å². The van der Waals surface area contributed by atoms with Crippen LogP contribution in [0.4, 0.5) is 0 Å². The molecule has 0 aliphatic carbocycles. The van der Waals surface area contributed by atoms with Crippen LogP contribution in [0.1, 0.15) is 39.1 Å². The summed E-state index contributed by atoms with van der Waals surface area (Å²) in [6.45, 7) is 15.6. The molecule has 252 valence electrons. The Kier molecular flexibility index (Phi) is 7.48. The Hall–Kier alpha value is -5.87. The van der Waals surface area contributed by atoms with Gasteiger partial charge < -0.3 is 9.13 Å². The molecule has 0 N–H and O–H groups in total. The lowest BCUT2D eigenvalue weighted by atomic mass is 9.35. The van der Waals surface area contributed by atoms with Gasteiger partial charge in [-0.05, 0) is 97.0 Å². The molecule has 52 heavy (non-hydrogen) atoms. The molecule has 3 heterocycles. The van der Waals surface area contributed by atoms with Crippen molar-refractivity contribution in [3.63, 3.8) is 0 Å². The fourth-order valence-electron chi connectivity index (χ4n) is 9.34. The Bertz CT molecular complexity index is 2770. The van der Waals surface area contributed by atoms with Gasteiger partial charge in [-0.15, -0.1) is 0 Å². The molecule has 0 bridgehead atoms. The number of hydrogen-bond donors (Lipinski definition) is 0. The van der Waals surface area contributed by atoms with Gasteiger partial charge in [0.05, 0.1) is 33.4 Å². The fraction of sp³-hybridized carbons (Fsp3) is 0.146. The minimum Gasteiger partial charge on any atom is -0.309 e. The SMILES string of the molecule is Cc1cc(C)c(B(c2ccc(-n3c4ccccc4c4c5c6ccccc6n(-c6ccccc6)c5ccc43)c(C)n2)c2c(C)cc(C)cc2C)c(C)c1. The van der Waals surface area contributed by atoms with E-state index < -0.39 is 0 Å². The Morgan fingerprint density at radius 2 is 0.904 bits per heavy atom. The van der Waals surface area contributed by atoms with Gasteiger partial charge in [0.15, 0.2) is 0 Å². The Balaban J connectivity index is 1.31. The van der Waals surface area contributed by atoms with Gasteiger partial charge >= 0.3 is 0 Å². The van der Waals surface area contributed by atoms with E-state index in [0.717, 1.165) is 17.0 Å². The van der Waals surface area contributed by atoms with Crippen molar-refractivity contribution < 1.29 is 0 Å². The summed E-state index contributed by atoms with van der Waals surface area (Å²) in [5, 5.41) is 5.06. The molecule has 0 unspecified atom stereocenters. The van der Waals surface area contributed by atoms with Crippen LogP contribution >= 0.6 is 0 Å². The highest BCUT2D eigenvalue weighted by atomic mass is 15.0. The molecule has 3 nitrogen and oxygen atoms in total. The largest absolute Gasteiger partial charge is 0.309 e. The average Bonchev–Trinajstić information content (AvgIpc) is 3.63. The van der Waals surface area contributed by atoms with Crippen molar-refractivity contribution in [3.8, 4) is 11.4 Å². The topological polar surface area (TPSA) is 22.8 Å². The molecule has 4 heteroatoms. The molecule has 0 saturated carbocycles. The van der Waals surface area contributed by atoms with Crippen LogP contribution in [0.3, 0.4) is 0 Å². The summed E-state index contributed by atoms with van der Waals surface area (Å²) in [6.07, 6.45) is 0. The summed E-state index contributed by atoms with van der Waals surface area (Å²) >= 11 is 0. The van der Waals surface area contributed by atoms with Gasteiger partial charge in [-0.2, -0.15) is 0 Å². The number of hydrogen-bond acceptors (Lipinski definition) is 1. The Morgan fingerprint density at radius 1 is 0.442 bits per heavy atom. The molecular formula is C48H42BN3. The lowest BCUT2D eigenvalue weighted by molar-refractivity contribution is 1.09. The first-order chi connectivity index (χ1) is 25.2. The van der Waals surface area contributed by atoms with Gasteiger partial charge in [0.2, 0.25) is 0 Å². The van der Waals surface area contributed by atoms with E-state index in [1.54, 1.807) is 0 Å². The highest BCUT2D eigenvalue weighted by Gasteiger charge is 2.30. The molecule has 0 saturated heterocycles. The number of para-hydroxylation sites is 3. The molecule has 9 aromatic rings. The van der Waals surface area contributed by atoms with E-state index >= 15 is 0 Å². The lowest BCUT2D eigenvalue weighted by Crippen LogP contribution is -2.57. The van der Waals surface area contributed by atoms with E-state index in [9.17, 15) is 0 Å². The minimum atomic E-state index is 0.0239. The first-order valence-electron chi connectivity index (χ1n) is 18.4. The smallest absolute Gasteiger partial charge is 0.266 e. The highest BCUT2D eigenvalue weighted by molar-refractivity contribution is 6.96. The molecule has 9 rings (SSSR count). The van der Waals surface area contributed by atoms with Crippen molar-refractivity contribution in [2.45, 2.75) is 48.5 Å². The number of benzene rings is 6. The second-order valence-electron chi connectivity index (χ2n) is 14.8. The summed E-state index contributed by atoms with van der Waals surface area (Å²) in [7, 11) is 0. The van der Waals surface area contributed by atoms with Gasteiger partial charge in [0.1, 0.15) is 0 Å². The molecule has 0 atom stereocenters. The predicted octanol–water partition coefficient (Wildman–Crippen LogP) is 9.95. The standard InChI is InChI=1S/C48H42BN3/c1-29-25-31(3)47(32(4)26-29)49(48-33(5)27-30(2)28-34(48)6)44-24-23-39(35(7)50-44)52-41-20-14-12-18-38(41)46-43(52)22-21-42-45(46)37-17-11-13-19-40(37)51(42)36-15-9-8-10-16-36/h8-28H,1-7H3. The maximum atomic E-state index is 5.54. The van der Waals surface area contributed by atoms with Crippen LogP contribution < -0.4 is 16.5 Å². The third-order valence-corrected chi connectivity index (χ3v) is 11.2. The van der Waals surface area contributed by atoms with Crippen molar-refractivity contribution >= 4 is 66.8 Å². The van der Waals surface area contributed by atoms with Crippen LogP contribution in [-0.4, -0.2) is 20.8 Å². The summed E-state index contributed by atoms with van der Waals surface area (Å²) in [5.41, 5.74) is 19.7. The molecule has 0 aliphatic heterocycles. The summed E-state index contributed by atoms with van der Waals surface area (Å²) < 4.78 is 4.84. The normalized spacial score (nSPS) is 11.8. The predicted molar refractivity (Wildman–Crippen MR) is 224 cm³/mol. The third-order valence-electron chi connectivity index (χ3n) is 11.2.